The highest BCUT2D eigenvalue weighted by molar-refractivity contribution is 7.18. The van der Waals surface area contributed by atoms with Crippen LogP contribution in [-0.4, -0.2) is 27.3 Å². The minimum absolute atomic E-state index is 0.0541. The molecule has 0 aliphatic carbocycles. The fraction of sp³-hybridized carbons (Fsp3) is 0.261. The highest BCUT2D eigenvalue weighted by atomic mass is 32.1. The molecule has 1 fully saturated rings. The predicted molar refractivity (Wildman–Crippen MR) is 120 cm³/mol. The van der Waals surface area contributed by atoms with E-state index in [-0.39, 0.29) is 11.9 Å². The van der Waals surface area contributed by atoms with Gasteiger partial charge >= 0.3 is 0 Å². The van der Waals surface area contributed by atoms with Gasteiger partial charge in [0.05, 0.1) is 27.0 Å². The van der Waals surface area contributed by atoms with Crippen LogP contribution >= 0.6 is 22.7 Å². The van der Waals surface area contributed by atoms with Crippen LogP contribution in [0, 0.1) is 6.92 Å². The van der Waals surface area contributed by atoms with Crippen LogP contribution in [-0.2, 0) is 6.61 Å². The number of amides is 1. The Balaban J connectivity index is 1.29. The molecule has 3 heterocycles. The fourth-order valence-electron chi connectivity index (χ4n) is 3.79. The van der Waals surface area contributed by atoms with Crippen molar-refractivity contribution in [3.8, 4) is 5.75 Å². The van der Waals surface area contributed by atoms with Gasteiger partial charge in [0.2, 0.25) is 0 Å². The maximum Gasteiger partial charge on any atom is 0.254 e. The van der Waals surface area contributed by atoms with Gasteiger partial charge in [0.15, 0.2) is 0 Å². The zero-order chi connectivity index (χ0) is 20.5. The molecular formula is C23H21N3O2S2. The molecule has 0 saturated carbocycles. The number of hydrogen-bond acceptors (Lipinski definition) is 6. The second kappa shape index (κ2) is 8.16. The topological polar surface area (TPSA) is 55.3 Å². The maximum atomic E-state index is 13.2. The van der Waals surface area contributed by atoms with Gasteiger partial charge in [-0.25, -0.2) is 9.97 Å². The fourth-order valence-corrected chi connectivity index (χ4v) is 5.50. The SMILES string of the molecule is Cc1nc(COc2ccc(C(=O)N3CCC[C@@H]3c3nc4ccccc4s3)cc2)cs1. The quantitative estimate of drug-likeness (QED) is 0.408. The van der Waals surface area contributed by atoms with E-state index in [2.05, 4.69) is 11.1 Å². The Morgan fingerprint density at radius 3 is 2.77 bits per heavy atom. The Labute approximate surface area is 183 Å². The summed E-state index contributed by atoms with van der Waals surface area (Å²) in [6.45, 7) is 3.18. The molecule has 0 radical (unpaired) electrons. The lowest BCUT2D eigenvalue weighted by Gasteiger charge is -2.23. The summed E-state index contributed by atoms with van der Waals surface area (Å²) in [5, 5.41) is 4.06. The van der Waals surface area contributed by atoms with E-state index in [1.54, 1.807) is 22.7 Å². The first-order valence-electron chi connectivity index (χ1n) is 9.98. The van der Waals surface area contributed by atoms with E-state index in [0.717, 1.165) is 46.4 Å². The van der Waals surface area contributed by atoms with Gasteiger partial charge in [-0.2, -0.15) is 0 Å². The normalized spacial score (nSPS) is 16.3. The van der Waals surface area contributed by atoms with Crippen LogP contribution in [0.15, 0.2) is 53.9 Å². The third kappa shape index (κ3) is 3.82. The minimum Gasteiger partial charge on any atom is -0.487 e. The number of carbonyl (C=O) groups is 1. The number of hydrogen-bond donors (Lipinski definition) is 0. The Morgan fingerprint density at radius 2 is 2.00 bits per heavy atom. The Kier molecular flexibility index (Phi) is 5.23. The van der Waals surface area contributed by atoms with E-state index in [4.69, 9.17) is 9.72 Å². The smallest absolute Gasteiger partial charge is 0.254 e. The molecule has 5 nitrogen and oxygen atoms in total. The lowest BCUT2D eigenvalue weighted by Crippen LogP contribution is -2.30. The molecule has 0 bridgehead atoms. The third-order valence-electron chi connectivity index (χ3n) is 5.26. The molecule has 1 saturated heterocycles. The summed E-state index contributed by atoms with van der Waals surface area (Å²) in [5.74, 6) is 0.791. The predicted octanol–water partition coefficient (Wildman–Crippen LogP) is 5.62. The molecule has 1 amide bonds. The van der Waals surface area contributed by atoms with Crippen molar-refractivity contribution in [3.63, 3.8) is 0 Å². The van der Waals surface area contributed by atoms with Crippen molar-refractivity contribution < 1.29 is 9.53 Å². The molecule has 1 aliphatic rings. The van der Waals surface area contributed by atoms with Crippen molar-refractivity contribution in [2.75, 3.05) is 6.54 Å². The Bertz CT molecular complexity index is 1150. The molecule has 2 aromatic heterocycles. The highest BCUT2D eigenvalue weighted by Gasteiger charge is 2.32. The summed E-state index contributed by atoms with van der Waals surface area (Å²) in [7, 11) is 0. The van der Waals surface area contributed by atoms with Crippen molar-refractivity contribution in [2.24, 2.45) is 0 Å². The first-order chi connectivity index (χ1) is 14.7. The van der Waals surface area contributed by atoms with Gasteiger partial charge in [0, 0.05) is 17.5 Å². The number of nitrogens with zero attached hydrogens (tertiary/aromatic N) is 3. The standard InChI is InChI=1S/C23H21N3O2S2/c1-15-24-17(14-29-15)13-28-18-10-8-16(9-11-18)23(27)26-12-4-6-20(26)22-25-19-5-2-3-7-21(19)30-22/h2-3,5,7-11,14,20H,4,6,12-13H2,1H3/t20-/m1/s1. The third-order valence-corrected chi connectivity index (χ3v) is 7.22. The second-order valence-corrected chi connectivity index (χ2v) is 9.47. The lowest BCUT2D eigenvalue weighted by molar-refractivity contribution is 0.0735. The van der Waals surface area contributed by atoms with Gasteiger partial charge in [0.25, 0.3) is 5.91 Å². The average molecular weight is 436 g/mol. The van der Waals surface area contributed by atoms with Gasteiger partial charge in [-0.05, 0) is 56.2 Å². The minimum atomic E-state index is 0.0541. The molecule has 30 heavy (non-hydrogen) atoms. The molecular weight excluding hydrogens is 414 g/mol. The first kappa shape index (κ1) is 19.2. The molecule has 0 unspecified atom stereocenters. The average Bonchev–Trinajstić information content (AvgIpc) is 3.50. The molecule has 1 atom stereocenters. The number of ether oxygens (including phenoxy) is 1. The van der Waals surface area contributed by atoms with E-state index in [1.807, 2.05) is 59.7 Å². The maximum absolute atomic E-state index is 13.2. The molecule has 152 valence electrons. The number of aromatic nitrogens is 2. The van der Waals surface area contributed by atoms with Gasteiger partial charge in [-0.1, -0.05) is 12.1 Å². The number of para-hydroxylation sites is 1. The number of aryl methyl sites for hydroxylation is 1. The zero-order valence-electron chi connectivity index (χ0n) is 16.6. The summed E-state index contributed by atoms with van der Waals surface area (Å²) in [6, 6.07) is 15.6. The summed E-state index contributed by atoms with van der Waals surface area (Å²) in [6.07, 6.45) is 1.96. The van der Waals surface area contributed by atoms with Crippen LogP contribution in [0.3, 0.4) is 0 Å². The summed E-state index contributed by atoms with van der Waals surface area (Å²) < 4.78 is 6.97. The van der Waals surface area contributed by atoms with Gasteiger partial charge < -0.3 is 9.64 Å². The van der Waals surface area contributed by atoms with Crippen LogP contribution in [0.2, 0.25) is 0 Å². The van der Waals surface area contributed by atoms with Crippen LogP contribution in [0.1, 0.15) is 45.0 Å². The molecule has 2 aromatic carbocycles. The number of fused-ring (bicyclic) bond motifs is 1. The van der Waals surface area contributed by atoms with Crippen molar-refractivity contribution in [3.05, 3.63) is 75.2 Å². The molecule has 1 aliphatic heterocycles. The summed E-state index contributed by atoms with van der Waals surface area (Å²) in [4.78, 5) is 24.4. The lowest BCUT2D eigenvalue weighted by atomic mass is 10.1. The van der Waals surface area contributed by atoms with Gasteiger partial charge in [-0.15, -0.1) is 22.7 Å². The molecule has 5 rings (SSSR count). The number of benzene rings is 2. The van der Waals surface area contributed by atoms with Crippen molar-refractivity contribution in [2.45, 2.75) is 32.4 Å². The monoisotopic (exact) mass is 435 g/mol. The van der Waals surface area contributed by atoms with Gasteiger partial charge in [-0.3, -0.25) is 4.79 Å². The number of likely N-dealkylation sites (tertiary alicyclic amines) is 1. The van der Waals surface area contributed by atoms with Crippen LogP contribution in [0.4, 0.5) is 0 Å². The summed E-state index contributed by atoms with van der Waals surface area (Å²) >= 11 is 3.30. The van der Waals surface area contributed by atoms with Crippen molar-refractivity contribution in [1.82, 2.24) is 14.9 Å². The molecule has 7 heteroatoms. The van der Waals surface area contributed by atoms with E-state index in [0.29, 0.717) is 12.2 Å². The van der Waals surface area contributed by atoms with Gasteiger partial charge in [0.1, 0.15) is 17.4 Å². The second-order valence-electron chi connectivity index (χ2n) is 7.35. The van der Waals surface area contributed by atoms with Crippen LogP contribution in [0.5, 0.6) is 5.75 Å². The van der Waals surface area contributed by atoms with Crippen LogP contribution < -0.4 is 4.74 Å². The van der Waals surface area contributed by atoms with Crippen molar-refractivity contribution >= 4 is 38.8 Å². The highest BCUT2D eigenvalue weighted by Crippen LogP contribution is 2.37. The Hall–Kier alpha value is -2.77. The first-order valence-corrected chi connectivity index (χ1v) is 11.7. The number of carbonyl (C=O) groups excluding carboxylic acids is 1. The molecule has 0 N–H and O–H groups in total. The largest absolute Gasteiger partial charge is 0.487 e. The number of thiazole rings is 2. The van der Waals surface area contributed by atoms with E-state index >= 15 is 0 Å². The Morgan fingerprint density at radius 1 is 1.17 bits per heavy atom. The summed E-state index contributed by atoms with van der Waals surface area (Å²) in [5.41, 5.74) is 2.61. The number of rotatable bonds is 5. The van der Waals surface area contributed by atoms with E-state index in [1.165, 1.54) is 4.70 Å². The zero-order valence-corrected chi connectivity index (χ0v) is 18.2. The van der Waals surface area contributed by atoms with E-state index in [9.17, 15) is 4.79 Å². The van der Waals surface area contributed by atoms with E-state index < -0.39 is 0 Å². The van der Waals surface area contributed by atoms with Crippen LogP contribution in [0.25, 0.3) is 10.2 Å². The molecule has 4 aromatic rings. The molecule has 0 spiro atoms. The van der Waals surface area contributed by atoms with Crippen molar-refractivity contribution in [1.29, 1.82) is 0 Å².